The van der Waals surface area contributed by atoms with Crippen molar-refractivity contribution in [2.75, 3.05) is 0 Å². The number of carboxylic acid groups (broad SMARTS) is 1. The van der Waals surface area contributed by atoms with Crippen LogP contribution in [0.2, 0.25) is 0 Å². The van der Waals surface area contributed by atoms with E-state index in [9.17, 15) is 9.59 Å². The maximum atomic E-state index is 11.9. The lowest BCUT2D eigenvalue weighted by molar-refractivity contribution is -0.136. The number of H-pyrrole nitrogens is 1. The number of para-hydroxylation sites is 1. The third-order valence-electron chi connectivity index (χ3n) is 2.89. The lowest BCUT2D eigenvalue weighted by atomic mass is 10.2. The van der Waals surface area contributed by atoms with Gasteiger partial charge in [0.2, 0.25) is 0 Å². The van der Waals surface area contributed by atoms with Crippen LogP contribution in [0.3, 0.4) is 0 Å². The first-order chi connectivity index (χ1) is 10.1. The zero-order chi connectivity index (χ0) is 14.8. The topological polar surface area (TPSA) is 114 Å². The van der Waals surface area contributed by atoms with Crippen LogP contribution in [0.25, 0.3) is 10.9 Å². The predicted molar refractivity (Wildman–Crippen MR) is 72.8 cm³/mol. The molecule has 0 radical (unpaired) electrons. The molecular formula is C13H11N5O3. The number of hydrogen-bond acceptors (Lipinski definition) is 5. The first-order valence-corrected chi connectivity index (χ1v) is 6.20. The number of aromatic amines is 1. The second-order valence-corrected chi connectivity index (χ2v) is 4.51. The Morgan fingerprint density at radius 1 is 1.33 bits per heavy atom. The van der Waals surface area contributed by atoms with Gasteiger partial charge in [0.15, 0.2) is 0 Å². The Morgan fingerprint density at radius 3 is 2.95 bits per heavy atom. The smallest absolute Gasteiger partial charge is 0.309 e. The summed E-state index contributed by atoms with van der Waals surface area (Å²) >= 11 is 0. The normalized spacial score (nSPS) is 10.9. The molecule has 2 aromatic heterocycles. The Hall–Kier alpha value is -3.03. The first kappa shape index (κ1) is 13.0. The van der Waals surface area contributed by atoms with Crippen molar-refractivity contribution in [3.8, 4) is 0 Å². The highest BCUT2D eigenvalue weighted by atomic mass is 16.4. The van der Waals surface area contributed by atoms with Crippen LogP contribution in [0.5, 0.6) is 0 Å². The molecule has 8 heteroatoms. The first-order valence-electron chi connectivity index (χ1n) is 6.20. The van der Waals surface area contributed by atoms with Crippen molar-refractivity contribution in [1.82, 2.24) is 25.0 Å². The maximum absolute atomic E-state index is 11.9. The Bertz CT molecular complexity index is 867. The lowest BCUT2D eigenvalue weighted by Gasteiger charge is -2.02. The number of nitrogens with one attached hydrogen (secondary N) is 1. The summed E-state index contributed by atoms with van der Waals surface area (Å²) in [7, 11) is 0. The highest BCUT2D eigenvalue weighted by Crippen LogP contribution is 2.06. The molecule has 0 aliphatic carbocycles. The van der Waals surface area contributed by atoms with E-state index in [1.54, 1.807) is 24.3 Å². The third kappa shape index (κ3) is 2.78. The van der Waals surface area contributed by atoms with Gasteiger partial charge >= 0.3 is 5.97 Å². The van der Waals surface area contributed by atoms with E-state index >= 15 is 0 Å². The Morgan fingerprint density at radius 2 is 2.14 bits per heavy atom. The fourth-order valence-electron chi connectivity index (χ4n) is 2.01. The summed E-state index contributed by atoms with van der Waals surface area (Å²) < 4.78 is 1.44. The van der Waals surface area contributed by atoms with Crippen LogP contribution >= 0.6 is 0 Å². The molecule has 0 saturated carbocycles. The quantitative estimate of drug-likeness (QED) is 0.707. The molecule has 1 aromatic carbocycles. The molecule has 0 atom stereocenters. The molecule has 8 nitrogen and oxygen atoms in total. The van der Waals surface area contributed by atoms with Crippen LogP contribution in [0.15, 0.2) is 35.3 Å². The van der Waals surface area contributed by atoms with Gasteiger partial charge in [0, 0.05) is 6.20 Å². The molecule has 0 unspecified atom stereocenters. The molecule has 0 saturated heterocycles. The number of aromatic nitrogens is 5. The average Bonchev–Trinajstić information content (AvgIpc) is 2.85. The largest absolute Gasteiger partial charge is 0.481 e. The molecule has 2 heterocycles. The Kier molecular flexibility index (Phi) is 3.19. The predicted octanol–water partition coefficient (Wildman–Crippen LogP) is 0.190. The fourth-order valence-corrected chi connectivity index (χ4v) is 2.01. The van der Waals surface area contributed by atoms with Gasteiger partial charge in [-0.05, 0) is 12.1 Å². The van der Waals surface area contributed by atoms with Crippen molar-refractivity contribution in [3.63, 3.8) is 0 Å². The van der Waals surface area contributed by atoms with Gasteiger partial charge in [-0.2, -0.15) is 0 Å². The van der Waals surface area contributed by atoms with Crippen LogP contribution in [-0.4, -0.2) is 36.0 Å². The van der Waals surface area contributed by atoms with E-state index in [1.807, 2.05) is 0 Å². The maximum Gasteiger partial charge on any atom is 0.309 e. The second-order valence-electron chi connectivity index (χ2n) is 4.51. The van der Waals surface area contributed by atoms with Gasteiger partial charge in [-0.25, -0.2) is 9.67 Å². The highest BCUT2D eigenvalue weighted by molar-refractivity contribution is 5.77. The van der Waals surface area contributed by atoms with E-state index in [-0.39, 0.29) is 18.5 Å². The lowest BCUT2D eigenvalue weighted by Crippen LogP contribution is -2.14. The van der Waals surface area contributed by atoms with E-state index in [1.165, 1.54) is 10.9 Å². The monoisotopic (exact) mass is 285 g/mol. The van der Waals surface area contributed by atoms with Gasteiger partial charge in [0.05, 0.1) is 23.0 Å². The van der Waals surface area contributed by atoms with Crippen LogP contribution in [0.4, 0.5) is 0 Å². The summed E-state index contributed by atoms with van der Waals surface area (Å²) in [5.41, 5.74) is 0.731. The number of nitrogens with zero attached hydrogens (tertiary/aromatic N) is 4. The molecular weight excluding hydrogens is 274 g/mol. The van der Waals surface area contributed by atoms with Gasteiger partial charge in [-0.3, -0.25) is 9.59 Å². The third-order valence-corrected chi connectivity index (χ3v) is 2.89. The zero-order valence-electron chi connectivity index (χ0n) is 10.9. The molecule has 2 N–H and O–H groups in total. The Labute approximate surface area is 118 Å². The van der Waals surface area contributed by atoms with E-state index in [0.717, 1.165) is 0 Å². The minimum atomic E-state index is -0.973. The van der Waals surface area contributed by atoms with Gasteiger partial charge < -0.3 is 10.1 Å². The van der Waals surface area contributed by atoms with E-state index < -0.39 is 5.97 Å². The number of carboxylic acids is 1. The number of fused-ring (bicyclic) bond motifs is 1. The second kappa shape index (κ2) is 5.16. The standard InChI is InChI=1S/C13H11N5O3/c19-12(20)5-8-6-18(17-16-8)7-11-14-10-4-2-1-3-9(10)13(21)15-11/h1-4,6H,5,7H2,(H,19,20)(H,14,15,21). The number of benzene rings is 1. The Balaban J connectivity index is 1.89. The number of aliphatic carboxylic acids is 1. The SMILES string of the molecule is O=C(O)Cc1cn(Cc2nc3ccccc3c(=O)[nH]2)nn1. The molecule has 0 amide bonds. The van der Waals surface area contributed by atoms with Crippen molar-refractivity contribution in [2.45, 2.75) is 13.0 Å². The molecule has 0 spiro atoms. The number of rotatable bonds is 4. The molecule has 106 valence electrons. The summed E-state index contributed by atoms with van der Waals surface area (Å²) in [6, 6.07) is 7.03. The summed E-state index contributed by atoms with van der Waals surface area (Å²) in [5, 5.41) is 16.8. The number of hydrogen-bond donors (Lipinski definition) is 2. The van der Waals surface area contributed by atoms with Crippen molar-refractivity contribution in [1.29, 1.82) is 0 Å². The molecule has 0 aliphatic rings. The minimum absolute atomic E-state index is 0.193. The van der Waals surface area contributed by atoms with E-state index in [0.29, 0.717) is 22.4 Å². The van der Waals surface area contributed by atoms with Crippen LogP contribution in [0.1, 0.15) is 11.5 Å². The van der Waals surface area contributed by atoms with Crippen molar-refractivity contribution >= 4 is 16.9 Å². The van der Waals surface area contributed by atoms with Gasteiger partial charge in [-0.1, -0.05) is 17.3 Å². The van der Waals surface area contributed by atoms with Crippen LogP contribution in [0, 0.1) is 0 Å². The summed E-state index contributed by atoms with van der Waals surface area (Å²) in [4.78, 5) is 29.5. The number of carbonyl (C=O) groups is 1. The molecule has 0 bridgehead atoms. The minimum Gasteiger partial charge on any atom is -0.481 e. The summed E-state index contributed by atoms with van der Waals surface area (Å²) in [6.07, 6.45) is 1.32. The van der Waals surface area contributed by atoms with E-state index in [2.05, 4.69) is 20.3 Å². The zero-order valence-corrected chi connectivity index (χ0v) is 10.9. The summed E-state index contributed by atoms with van der Waals surface area (Å²) in [5.74, 6) is -0.537. The van der Waals surface area contributed by atoms with Gasteiger partial charge in [0.1, 0.15) is 12.4 Å². The molecule has 0 fully saturated rings. The van der Waals surface area contributed by atoms with E-state index in [4.69, 9.17) is 5.11 Å². The average molecular weight is 285 g/mol. The van der Waals surface area contributed by atoms with Crippen LogP contribution in [-0.2, 0) is 17.8 Å². The fraction of sp³-hybridized carbons (Fsp3) is 0.154. The van der Waals surface area contributed by atoms with Crippen LogP contribution < -0.4 is 5.56 Å². The summed E-state index contributed by atoms with van der Waals surface area (Å²) in [6.45, 7) is 0.215. The van der Waals surface area contributed by atoms with Crippen molar-refractivity contribution in [2.24, 2.45) is 0 Å². The molecule has 3 aromatic rings. The van der Waals surface area contributed by atoms with Crippen molar-refractivity contribution in [3.05, 3.63) is 52.3 Å². The molecule has 0 aliphatic heterocycles. The highest BCUT2D eigenvalue weighted by Gasteiger charge is 2.08. The van der Waals surface area contributed by atoms with Gasteiger partial charge in [-0.15, -0.1) is 5.10 Å². The van der Waals surface area contributed by atoms with Crippen molar-refractivity contribution < 1.29 is 9.90 Å². The molecule has 3 rings (SSSR count). The van der Waals surface area contributed by atoms with Gasteiger partial charge in [0.25, 0.3) is 5.56 Å². The molecule has 21 heavy (non-hydrogen) atoms.